The van der Waals surface area contributed by atoms with E-state index in [1.165, 1.54) is 24.3 Å². The first-order valence-electron chi connectivity index (χ1n) is 8.74. The molecule has 0 bridgehead atoms. The van der Waals surface area contributed by atoms with E-state index >= 15 is 0 Å². The molecular formula is C22H17F3O4. The topological polar surface area (TPSA) is 66.8 Å². The van der Waals surface area contributed by atoms with Crippen molar-refractivity contribution in [3.8, 4) is 22.6 Å². The number of carbonyl (C=O) groups is 1. The van der Waals surface area contributed by atoms with Crippen molar-refractivity contribution in [2.45, 2.75) is 12.8 Å². The Morgan fingerprint density at radius 1 is 0.931 bits per heavy atom. The lowest BCUT2D eigenvalue weighted by Crippen LogP contribution is -2.11. The summed E-state index contributed by atoms with van der Waals surface area (Å²) in [5, 5.41) is 18.6. The van der Waals surface area contributed by atoms with Crippen molar-refractivity contribution in [1.82, 2.24) is 0 Å². The highest BCUT2D eigenvalue weighted by Gasteiger charge is 2.16. The number of hydrogen-bond acceptors (Lipinski definition) is 3. The van der Waals surface area contributed by atoms with E-state index in [9.17, 15) is 23.1 Å². The van der Waals surface area contributed by atoms with E-state index in [1.807, 2.05) is 0 Å². The first-order valence-corrected chi connectivity index (χ1v) is 8.74. The van der Waals surface area contributed by atoms with Gasteiger partial charge in [-0.05, 0) is 65.9 Å². The molecule has 150 valence electrons. The van der Waals surface area contributed by atoms with Crippen LogP contribution in [0.3, 0.4) is 0 Å². The lowest BCUT2D eigenvalue weighted by atomic mass is 9.98. The van der Waals surface area contributed by atoms with Gasteiger partial charge in [-0.1, -0.05) is 18.2 Å². The Bertz CT molecular complexity index is 1050. The molecule has 7 heteroatoms. The fraction of sp³-hybridized carbons (Fsp3) is 0.136. The number of phenols is 1. The second kappa shape index (κ2) is 8.68. The average molecular weight is 402 g/mol. The van der Waals surface area contributed by atoms with Crippen LogP contribution in [0.15, 0.2) is 54.6 Å². The zero-order valence-electron chi connectivity index (χ0n) is 15.2. The van der Waals surface area contributed by atoms with E-state index in [-0.39, 0.29) is 29.9 Å². The molecule has 29 heavy (non-hydrogen) atoms. The molecule has 2 N–H and O–H groups in total. The highest BCUT2D eigenvalue weighted by molar-refractivity contribution is 5.68. The molecule has 0 saturated heterocycles. The summed E-state index contributed by atoms with van der Waals surface area (Å²) in [7, 11) is 0. The molecule has 0 fully saturated rings. The molecule has 3 aromatic rings. The molecule has 0 spiro atoms. The van der Waals surface area contributed by atoms with Gasteiger partial charge in [0.05, 0.1) is 0 Å². The molecule has 0 unspecified atom stereocenters. The average Bonchev–Trinajstić information content (AvgIpc) is 2.66. The van der Waals surface area contributed by atoms with Gasteiger partial charge < -0.3 is 14.9 Å². The van der Waals surface area contributed by atoms with Gasteiger partial charge in [0.25, 0.3) is 0 Å². The number of benzene rings is 3. The number of rotatable bonds is 7. The number of carboxylic acids is 1. The minimum Gasteiger partial charge on any atom is -0.508 e. The third-order valence-corrected chi connectivity index (χ3v) is 4.30. The van der Waals surface area contributed by atoms with Crippen molar-refractivity contribution >= 4 is 5.97 Å². The Morgan fingerprint density at radius 2 is 1.72 bits per heavy atom. The zero-order valence-corrected chi connectivity index (χ0v) is 15.2. The Balaban J connectivity index is 1.83. The van der Waals surface area contributed by atoms with Crippen LogP contribution in [-0.4, -0.2) is 22.8 Å². The number of aromatic hydroxyl groups is 1. The maximum absolute atomic E-state index is 14.5. The van der Waals surface area contributed by atoms with Gasteiger partial charge in [0.1, 0.15) is 17.4 Å². The smallest absolute Gasteiger partial charge is 0.341 e. The van der Waals surface area contributed by atoms with Crippen LogP contribution in [0, 0.1) is 17.5 Å². The van der Waals surface area contributed by atoms with Gasteiger partial charge >= 0.3 is 5.97 Å². The number of aryl methyl sites for hydroxylation is 1. The lowest BCUT2D eigenvalue weighted by molar-refractivity contribution is -0.139. The Hall–Kier alpha value is -3.48. The Morgan fingerprint density at radius 3 is 2.45 bits per heavy atom. The van der Waals surface area contributed by atoms with E-state index in [4.69, 9.17) is 9.84 Å². The van der Waals surface area contributed by atoms with Gasteiger partial charge in [-0.15, -0.1) is 0 Å². The van der Waals surface area contributed by atoms with Crippen LogP contribution in [0.4, 0.5) is 13.2 Å². The molecule has 0 aliphatic heterocycles. The lowest BCUT2D eigenvalue weighted by Gasteiger charge is -2.11. The van der Waals surface area contributed by atoms with E-state index in [2.05, 4.69) is 0 Å². The van der Waals surface area contributed by atoms with Gasteiger partial charge in [0, 0.05) is 5.56 Å². The Labute approximate surface area is 164 Å². The van der Waals surface area contributed by atoms with Crippen LogP contribution >= 0.6 is 0 Å². The van der Waals surface area contributed by atoms with Crippen molar-refractivity contribution in [3.63, 3.8) is 0 Å². The largest absolute Gasteiger partial charge is 0.508 e. The normalized spacial score (nSPS) is 10.7. The standard InChI is InChI=1S/C22H17F3O4/c23-16-3-1-2-14(10-16)15-8-13(9-17(26)11-15)4-5-18-19(24)6-7-20(22(18)25)29-12-21(27)28/h1-3,6-11,26H,4-5,12H2,(H,27,28). The maximum atomic E-state index is 14.5. The molecule has 0 amide bonds. The molecule has 0 aliphatic rings. The predicted molar refractivity (Wildman–Crippen MR) is 100 cm³/mol. The van der Waals surface area contributed by atoms with Crippen molar-refractivity contribution in [1.29, 1.82) is 0 Å². The number of aliphatic carboxylic acids is 1. The quantitative estimate of drug-likeness (QED) is 0.600. The summed E-state index contributed by atoms with van der Waals surface area (Å²) in [6, 6.07) is 12.5. The number of halogens is 3. The van der Waals surface area contributed by atoms with Gasteiger partial charge in [-0.3, -0.25) is 0 Å². The number of carboxylic acid groups (broad SMARTS) is 1. The molecule has 0 saturated carbocycles. The number of hydrogen-bond donors (Lipinski definition) is 2. The van der Waals surface area contributed by atoms with Gasteiger partial charge in [-0.2, -0.15) is 0 Å². The van der Waals surface area contributed by atoms with Crippen molar-refractivity contribution in [3.05, 3.63) is 83.2 Å². The van der Waals surface area contributed by atoms with E-state index in [1.54, 1.807) is 18.2 Å². The second-order valence-corrected chi connectivity index (χ2v) is 6.42. The van der Waals surface area contributed by atoms with Crippen molar-refractivity contribution in [2.75, 3.05) is 6.61 Å². The molecule has 0 atom stereocenters. The van der Waals surface area contributed by atoms with Crippen LogP contribution in [-0.2, 0) is 17.6 Å². The highest BCUT2D eigenvalue weighted by Crippen LogP contribution is 2.28. The van der Waals surface area contributed by atoms with Crippen LogP contribution in [0.1, 0.15) is 11.1 Å². The summed E-state index contributed by atoms with van der Waals surface area (Å²) in [5.41, 5.74) is 1.48. The molecule has 3 aromatic carbocycles. The van der Waals surface area contributed by atoms with Crippen LogP contribution in [0.5, 0.6) is 11.5 Å². The summed E-state index contributed by atoms with van der Waals surface area (Å²) >= 11 is 0. The number of phenolic OH excluding ortho intramolecular Hbond substituents is 1. The summed E-state index contributed by atoms with van der Waals surface area (Å²) < 4.78 is 46.9. The van der Waals surface area contributed by atoms with Crippen molar-refractivity contribution < 1.29 is 32.9 Å². The highest BCUT2D eigenvalue weighted by atomic mass is 19.1. The first-order chi connectivity index (χ1) is 13.8. The van der Waals surface area contributed by atoms with Gasteiger partial charge in [0.2, 0.25) is 0 Å². The molecule has 0 aliphatic carbocycles. The maximum Gasteiger partial charge on any atom is 0.341 e. The van der Waals surface area contributed by atoms with Gasteiger partial charge in [0.15, 0.2) is 18.2 Å². The first kappa shape index (κ1) is 20.3. The van der Waals surface area contributed by atoms with E-state index in [0.717, 1.165) is 12.1 Å². The minimum atomic E-state index is -1.28. The summed E-state index contributed by atoms with van der Waals surface area (Å²) in [4.78, 5) is 10.6. The second-order valence-electron chi connectivity index (χ2n) is 6.42. The number of ether oxygens (including phenoxy) is 1. The molecule has 0 radical (unpaired) electrons. The molecule has 4 nitrogen and oxygen atoms in total. The molecule has 0 heterocycles. The molecule has 3 rings (SSSR count). The van der Waals surface area contributed by atoms with E-state index < -0.39 is 30.0 Å². The summed E-state index contributed by atoms with van der Waals surface area (Å²) in [6.45, 7) is -0.744. The SMILES string of the molecule is O=C(O)COc1ccc(F)c(CCc2cc(O)cc(-c3cccc(F)c3)c2)c1F. The predicted octanol–water partition coefficient (Wildman–Crippen LogP) is 4.73. The zero-order chi connectivity index (χ0) is 21.0. The van der Waals surface area contributed by atoms with Crippen LogP contribution in [0.25, 0.3) is 11.1 Å². The van der Waals surface area contributed by atoms with E-state index in [0.29, 0.717) is 16.7 Å². The summed E-state index contributed by atoms with van der Waals surface area (Å²) in [6.07, 6.45) is 0.140. The van der Waals surface area contributed by atoms with Gasteiger partial charge in [-0.25, -0.2) is 18.0 Å². The Kier molecular flexibility index (Phi) is 6.07. The molecular weight excluding hydrogens is 385 g/mol. The molecule has 0 aromatic heterocycles. The van der Waals surface area contributed by atoms with Crippen LogP contribution < -0.4 is 4.74 Å². The summed E-state index contributed by atoms with van der Waals surface area (Å²) in [5.74, 6) is -3.84. The third-order valence-electron chi connectivity index (χ3n) is 4.30. The fourth-order valence-corrected chi connectivity index (χ4v) is 2.98. The fourth-order valence-electron chi connectivity index (χ4n) is 2.98. The van der Waals surface area contributed by atoms with Crippen molar-refractivity contribution in [2.24, 2.45) is 0 Å². The van der Waals surface area contributed by atoms with Crippen LogP contribution in [0.2, 0.25) is 0 Å². The third kappa shape index (κ3) is 5.07. The monoisotopic (exact) mass is 402 g/mol. The minimum absolute atomic E-state index is 0.0476.